The molecule has 5 heteroatoms. The molecule has 0 radical (unpaired) electrons. The SMILES string of the molecule is Cc1ccc2cccc(C(=O)N[C@@H](Cc3ccccc3)C(N)=O)c2n1. The number of fused-ring (bicyclic) bond motifs is 1. The molecule has 1 aromatic heterocycles. The lowest BCUT2D eigenvalue weighted by Crippen LogP contribution is -2.45. The zero-order chi connectivity index (χ0) is 17.8. The van der Waals surface area contributed by atoms with Crippen LogP contribution < -0.4 is 11.1 Å². The van der Waals surface area contributed by atoms with E-state index in [1.165, 1.54) is 0 Å². The van der Waals surface area contributed by atoms with Gasteiger partial charge in [0.15, 0.2) is 0 Å². The molecule has 3 N–H and O–H groups in total. The topological polar surface area (TPSA) is 85.1 Å². The van der Waals surface area contributed by atoms with E-state index in [9.17, 15) is 9.59 Å². The van der Waals surface area contributed by atoms with Crippen LogP contribution in [0.15, 0.2) is 60.7 Å². The fourth-order valence-electron chi connectivity index (χ4n) is 2.74. The number of rotatable bonds is 5. The number of pyridine rings is 1. The molecule has 1 atom stereocenters. The van der Waals surface area contributed by atoms with Gasteiger partial charge in [-0.2, -0.15) is 0 Å². The highest BCUT2D eigenvalue weighted by atomic mass is 16.2. The minimum Gasteiger partial charge on any atom is -0.368 e. The molecule has 2 aromatic carbocycles. The number of nitrogens with zero attached hydrogens (tertiary/aromatic N) is 1. The minimum atomic E-state index is -0.782. The molecule has 2 amide bonds. The Balaban J connectivity index is 1.87. The molecule has 1 heterocycles. The standard InChI is InChI=1S/C20H19N3O2/c1-13-10-11-15-8-5-9-16(18(15)22-13)20(25)23-17(19(21)24)12-14-6-3-2-4-7-14/h2-11,17H,12H2,1H3,(H2,21,24)(H,23,25)/t17-/m0/s1. The van der Waals surface area contributed by atoms with Crippen LogP contribution in [0.5, 0.6) is 0 Å². The number of para-hydroxylation sites is 1. The summed E-state index contributed by atoms with van der Waals surface area (Å²) in [6, 6.07) is 17.9. The van der Waals surface area contributed by atoms with Gasteiger partial charge in [0.25, 0.3) is 5.91 Å². The number of amides is 2. The van der Waals surface area contributed by atoms with Gasteiger partial charge in [-0.05, 0) is 24.6 Å². The first kappa shape index (κ1) is 16.6. The van der Waals surface area contributed by atoms with E-state index in [4.69, 9.17) is 5.73 Å². The van der Waals surface area contributed by atoms with Crippen LogP contribution in [0, 0.1) is 6.92 Å². The Labute approximate surface area is 145 Å². The van der Waals surface area contributed by atoms with Crippen LogP contribution in [0.1, 0.15) is 21.6 Å². The summed E-state index contributed by atoms with van der Waals surface area (Å²) in [4.78, 5) is 29.0. The van der Waals surface area contributed by atoms with Gasteiger partial charge in [0.05, 0.1) is 11.1 Å². The van der Waals surface area contributed by atoms with Crippen LogP contribution in [0.25, 0.3) is 10.9 Å². The van der Waals surface area contributed by atoms with Gasteiger partial charge in [-0.15, -0.1) is 0 Å². The van der Waals surface area contributed by atoms with Crippen molar-refractivity contribution < 1.29 is 9.59 Å². The second-order valence-electron chi connectivity index (χ2n) is 5.95. The van der Waals surface area contributed by atoms with Gasteiger partial charge in [-0.25, -0.2) is 0 Å². The van der Waals surface area contributed by atoms with E-state index in [-0.39, 0.29) is 5.91 Å². The number of aryl methyl sites for hydroxylation is 1. The molecule has 3 rings (SSSR count). The molecule has 0 bridgehead atoms. The van der Waals surface area contributed by atoms with Crippen molar-refractivity contribution in [2.24, 2.45) is 5.73 Å². The van der Waals surface area contributed by atoms with Gasteiger partial charge in [0.1, 0.15) is 6.04 Å². The van der Waals surface area contributed by atoms with Gasteiger partial charge in [-0.1, -0.05) is 48.5 Å². The number of benzene rings is 2. The number of hydrogen-bond acceptors (Lipinski definition) is 3. The molecule has 0 aliphatic rings. The van der Waals surface area contributed by atoms with Crippen molar-refractivity contribution in [3.05, 3.63) is 77.5 Å². The third-order valence-corrected chi connectivity index (χ3v) is 4.04. The van der Waals surface area contributed by atoms with Crippen LogP contribution in [0.2, 0.25) is 0 Å². The normalized spacial score (nSPS) is 11.9. The molecule has 0 saturated carbocycles. The fourth-order valence-corrected chi connectivity index (χ4v) is 2.74. The predicted octanol–water partition coefficient (Wildman–Crippen LogP) is 2.37. The lowest BCUT2D eigenvalue weighted by atomic mass is 10.0. The lowest BCUT2D eigenvalue weighted by Gasteiger charge is -2.16. The summed E-state index contributed by atoms with van der Waals surface area (Å²) in [7, 11) is 0. The first-order chi connectivity index (χ1) is 12.0. The van der Waals surface area contributed by atoms with Gasteiger partial charge >= 0.3 is 0 Å². The quantitative estimate of drug-likeness (QED) is 0.752. The van der Waals surface area contributed by atoms with E-state index in [0.717, 1.165) is 16.6 Å². The number of carbonyl (C=O) groups is 2. The Hall–Kier alpha value is -3.21. The molecular weight excluding hydrogens is 314 g/mol. The first-order valence-corrected chi connectivity index (χ1v) is 8.05. The largest absolute Gasteiger partial charge is 0.368 e. The van der Waals surface area contributed by atoms with E-state index >= 15 is 0 Å². The number of aromatic nitrogens is 1. The molecule has 0 saturated heterocycles. The molecule has 0 spiro atoms. The van der Waals surface area contributed by atoms with Gasteiger partial charge in [0.2, 0.25) is 5.91 Å². The highest BCUT2D eigenvalue weighted by Crippen LogP contribution is 2.17. The summed E-state index contributed by atoms with van der Waals surface area (Å²) in [5.74, 6) is -0.926. The van der Waals surface area contributed by atoms with Crippen molar-refractivity contribution >= 4 is 22.7 Å². The molecule has 126 valence electrons. The third kappa shape index (κ3) is 3.83. The Bertz CT molecular complexity index is 923. The molecule has 0 unspecified atom stereocenters. The van der Waals surface area contributed by atoms with Crippen molar-refractivity contribution in [1.82, 2.24) is 10.3 Å². The van der Waals surface area contributed by atoms with Crippen LogP contribution in [-0.2, 0) is 11.2 Å². The smallest absolute Gasteiger partial charge is 0.254 e. The summed E-state index contributed by atoms with van der Waals surface area (Å²) >= 11 is 0. The average molecular weight is 333 g/mol. The Kier molecular flexibility index (Phi) is 4.75. The maximum absolute atomic E-state index is 12.7. The summed E-state index contributed by atoms with van der Waals surface area (Å²) in [5.41, 5.74) is 8.28. The number of carbonyl (C=O) groups excluding carboxylic acids is 2. The van der Waals surface area contributed by atoms with Gasteiger partial charge < -0.3 is 11.1 Å². The Morgan fingerprint density at radius 1 is 1.04 bits per heavy atom. The Morgan fingerprint density at radius 2 is 1.80 bits per heavy atom. The van der Waals surface area contributed by atoms with Gasteiger partial charge in [-0.3, -0.25) is 14.6 Å². The second-order valence-corrected chi connectivity index (χ2v) is 5.95. The molecule has 0 aliphatic carbocycles. The molecule has 5 nitrogen and oxygen atoms in total. The van der Waals surface area contributed by atoms with E-state index in [1.54, 1.807) is 12.1 Å². The van der Waals surface area contributed by atoms with Crippen LogP contribution in [0.3, 0.4) is 0 Å². The molecule has 0 aliphatic heterocycles. The summed E-state index contributed by atoms with van der Waals surface area (Å²) in [6.07, 6.45) is 0.346. The van der Waals surface area contributed by atoms with Crippen molar-refractivity contribution in [2.45, 2.75) is 19.4 Å². The van der Waals surface area contributed by atoms with Crippen molar-refractivity contribution in [3.63, 3.8) is 0 Å². The molecule has 3 aromatic rings. The second kappa shape index (κ2) is 7.13. The minimum absolute atomic E-state index is 0.346. The van der Waals surface area contributed by atoms with Crippen LogP contribution >= 0.6 is 0 Å². The zero-order valence-electron chi connectivity index (χ0n) is 13.9. The summed E-state index contributed by atoms with van der Waals surface area (Å²) in [5, 5.41) is 3.61. The van der Waals surface area contributed by atoms with E-state index in [0.29, 0.717) is 17.5 Å². The highest BCUT2D eigenvalue weighted by Gasteiger charge is 2.21. The van der Waals surface area contributed by atoms with E-state index in [1.807, 2.05) is 55.5 Å². The van der Waals surface area contributed by atoms with Crippen molar-refractivity contribution in [2.75, 3.05) is 0 Å². The predicted molar refractivity (Wildman–Crippen MR) is 97.1 cm³/mol. The van der Waals surface area contributed by atoms with Crippen molar-refractivity contribution in [1.29, 1.82) is 0 Å². The van der Waals surface area contributed by atoms with Crippen molar-refractivity contribution in [3.8, 4) is 0 Å². The van der Waals surface area contributed by atoms with E-state index in [2.05, 4.69) is 10.3 Å². The maximum atomic E-state index is 12.7. The molecule has 0 fully saturated rings. The zero-order valence-corrected chi connectivity index (χ0v) is 13.9. The van der Waals surface area contributed by atoms with Crippen LogP contribution in [-0.4, -0.2) is 22.8 Å². The number of hydrogen-bond donors (Lipinski definition) is 2. The molecule has 25 heavy (non-hydrogen) atoms. The summed E-state index contributed by atoms with van der Waals surface area (Å²) in [6.45, 7) is 1.87. The average Bonchev–Trinajstić information content (AvgIpc) is 2.61. The number of nitrogens with one attached hydrogen (secondary N) is 1. The highest BCUT2D eigenvalue weighted by molar-refractivity contribution is 6.06. The molecular formula is C20H19N3O2. The van der Waals surface area contributed by atoms with Crippen LogP contribution in [0.4, 0.5) is 0 Å². The van der Waals surface area contributed by atoms with Gasteiger partial charge in [0, 0.05) is 17.5 Å². The summed E-state index contributed by atoms with van der Waals surface area (Å²) < 4.78 is 0. The lowest BCUT2D eigenvalue weighted by molar-refractivity contribution is -0.119. The third-order valence-electron chi connectivity index (χ3n) is 4.04. The first-order valence-electron chi connectivity index (χ1n) is 8.05. The fraction of sp³-hybridized carbons (Fsp3) is 0.150. The number of primary amides is 1. The van der Waals surface area contributed by atoms with E-state index < -0.39 is 11.9 Å². The number of nitrogens with two attached hydrogens (primary N) is 1. The maximum Gasteiger partial charge on any atom is 0.254 e. The Morgan fingerprint density at radius 3 is 2.52 bits per heavy atom. The monoisotopic (exact) mass is 333 g/mol.